The van der Waals surface area contributed by atoms with Crippen molar-refractivity contribution in [3.63, 3.8) is 0 Å². The molecule has 0 bridgehead atoms. The minimum atomic E-state index is -1.09. The number of hydrogen-bond donors (Lipinski definition) is 1. The van der Waals surface area contributed by atoms with Gasteiger partial charge < -0.3 is 5.11 Å². The van der Waals surface area contributed by atoms with Gasteiger partial charge in [0.1, 0.15) is 0 Å². The first-order valence-electron chi connectivity index (χ1n) is 4.90. The Kier molecular flexibility index (Phi) is 3.67. The molecule has 0 heterocycles. The van der Waals surface area contributed by atoms with Gasteiger partial charge in [0.2, 0.25) is 0 Å². The second-order valence-electron chi connectivity index (χ2n) is 4.60. The molecule has 0 unspecified atom stereocenters. The van der Waals surface area contributed by atoms with E-state index >= 15 is 0 Å². The highest BCUT2D eigenvalue weighted by atomic mass is 28.3. The maximum absolute atomic E-state index is 8.88. The monoisotopic (exact) mass is 206 g/mol. The van der Waals surface area contributed by atoms with Gasteiger partial charge in [-0.2, -0.15) is 0 Å². The third-order valence-electron chi connectivity index (χ3n) is 1.94. The van der Waals surface area contributed by atoms with E-state index < -0.39 is 8.07 Å². The van der Waals surface area contributed by atoms with Gasteiger partial charge in [-0.1, -0.05) is 55.7 Å². The van der Waals surface area contributed by atoms with Gasteiger partial charge >= 0.3 is 0 Å². The molecule has 0 aromatic heterocycles. The van der Waals surface area contributed by atoms with E-state index in [4.69, 9.17) is 5.11 Å². The van der Waals surface area contributed by atoms with Gasteiger partial charge in [-0.3, -0.25) is 0 Å². The molecule has 0 saturated heterocycles. The fourth-order valence-corrected chi connectivity index (χ4v) is 1.77. The van der Waals surface area contributed by atoms with E-state index in [0.29, 0.717) is 0 Å². The summed E-state index contributed by atoms with van der Waals surface area (Å²) in [5, 5.41) is 8.88. The molecule has 1 aromatic rings. The largest absolute Gasteiger partial charge is 0.392 e. The highest BCUT2D eigenvalue weighted by Gasteiger charge is 2.06. The first-order chi connectivity index (χ1) is 6.51. The molecule has 0 fully saturated rings. The van der Waals surface area contributed by atoms with Crippen molar-refractivity contribution < 1.29 is 5.11 Å². The van der Waals surface area contributed by atoms with Crippen LogP contribution in [0.2, 0.25) is 19.6 Å². The van der Waals surface area contributed by atoms with Crippen molar-refractivity contribution in [3.8, 4) is 0 Å². The number of benzene rings is 1. The highest BCUT2D eigenvalue weighted by Crippen LogP contribution is 2.09. The normalized spacial score (nSPS) is 12.3. The van der Waals surface area contributed by atoms with Crippen molar-refractivity contribution in [1.82, 2.24) is 0 Å². The average Bonchev–Trinajstić information content (AvgIpc) is 2.14. The third-order valence-corrected chi connectivity index (χ3v) is 3.10. The molecule has 0 aliphatic heterocycles. The molecule has 2 heteroatoms. The molecule has 0 spiro atoms. The van der Waals surface area contributed by atoms with Crippen LogP contribution in [0.15, 0.2) is 30.0 Å². The smallest absolute Gasteiger partial charge is 0.0687 e. The molecule has 0 aliphatic rings. The Morgan fingerprint density at radius 1 is 1.14 bits per heavy atom. The molecular weight excluding hydrogens is 188 g/mol. The van der Waals surface area contributed by atoms with E-state index in [1.807, 2.05) is 24.3 Å². The molecule has 1 nitrogen and oxygen atoms in total. The zero-order valence-corrected chi connectivity index (χ0v) is 10.1. The highest BCUT2D eigenvalue weighted by molar-refractivity contribution is 6.81. The fraction of sp³-hybridized carbons (Fsp3) is 0.333. The Morgan fingerprint density at radius 2 is 1.71 bits per heavy atom. The van der Waals surface area contributed by atoms with Crippen LogP contribution in [0, 0.1) is 0 Å². The predicted molar refractivity (Wildman–Crippen MR) is 64.7 cm³/mol. The van der Waals surface area contributed by atoms with Crippen LogP contribution in [0.25, 0.3) is 6.08 Å². The first-order valence-corrected chi connectivity index (χ1v) is 8.48. The van der Waals surface area contributed by atoms with Crippen molar-refractivity contribution in [3.05, 3.63) is 41.1 Å². The predicted octanol–water partition coefficient (Wildman–Crippen LogP) is 3.07. The zero-order valence-electron chi connectivity index (χ0n) is 9.12. The van der Waals surface area contributed by atoms with E-state index in [0.717, 1.165) is 5.56 Å². The van der Waals surface area contributed by atoms with Crippen LogP contribution in [0.1, 0.15) is 11.1 Å². The third kappa shape index (κ3) is 3.90. The molecule has 14 heavy (non-hydrogen) atoms. The number of hydrogen-bond acceptors (Lipinski definition) is 1. The summed E-state index contributed by atoms with van der Waals surface area (Å²) in [6.07, 6.45) is 2.17. The van der Waals surface area contributed by atoms with E-state index in [1.54, 1.807) is 0 Å². The number of aliphatic hydroxyl groups excluding tert-OH is 1. The molecular formula is C12H18OSi. The molecule has 76 valence electrons. The summed E-state index contributed by atoms with van der Waals surface area (Å²) in [4.78, 5) is 0. The maximum atomic E-state index is 8.88. The molecule has 0 radical (unpaired) electrons. The van der Waals surface area contributed by atoms with Crippen LogP contribution in [0.4, 0.5) is 0 Å². The van der Waals surface area contributed by atoms with Crippen molar-refractivity contribution in [2.45, 2.75) is 26.2 Å². The van der Waals surface area contributed by atoms with Gasteiger partial charge in [-0.15, -0.1) is 0 Å². The standard InChI is InChI=1S/C12H18OSi/c1-14(2,3)9-8-11-4-6-12(10-13)7-5-11/h4-9,13H,10H2,1-3H3/b9-8+. The van der Waals surface area contributed by atoms with Crippen LogP contribution in [-0.4, -0.2) is 13.2 Å². The Morgan fingerprint density at radius 3 is 2.14 bits per heavy atom. The Bertz CT molecular complexity index is 306. The van der Waals surface area contributed by atoms with Crippen molar-refractivity contribution in [2.75, 3.05) is 0 Å². The van der Waals surface area contributed by atoms with Crippen LogP contribution >= 0.6 is 0 Å². The minimum Gasteiger partial charge on any atom is -0.392 e. The lowest BCUT2D eigenvalue weighted by Gasteiger charge is -2.08. The molecule has 1 rings (SSSR count). The molecule has 0 atom stereocenters. The summed E-state index contributed by atoms with van der Waals surface area (Å²) in [5.41, 5.74) is 4.50. The van der Waals surface area contributed by atoms with Crippen molar-refractivity contribution >= 4 is 14.1 Å². The second kappa shape index (κ2) is 4.58. The second-order valence-corrected chi connectivity index (χ2v) is 9.66. The molecule has 0 saturated carbocycles. The first kappa shape index (κ1) is 11.2. The average molecular weight is 206 g/mol. The van der Waals surface area contributed by atoms with Gasteiger partial charge in [0.25, 0.3) is 0 Å². The van der Waals surface area contributed by atoms with Gasteiger partial charge in [0.15, 0.2) is 0 Å². The summed E-state index contributed by atoms with van der Waals surface area (Å²) in [6, 6.07) is 8.01. The Hall–Kier alpha value is -0.863. The molecule has 1 N–H and O–H groups in total. The van der Waals surface area contributed by atoms with Gasteiger partial charge in [-0.05, 0) is 11.1 Å². The summed E-state index contributed by atoms with van der Waals surface area (Å²) < 4.78 is 0. The van der Waals surface area contributed by atoms with Crippen LogP contribution < -0.4 is 0 Å². The lowest BCUT2D eigenvalue weighted by Crippen LogP contribution is -2.15. The van der Waals surface area contributed by atoms with Crippen molar-refractivity contribution in [1.29, 1.82) is 0 Å². The van der Waals surface area contributed by atoms with Gasteiger partial charge in [0, 0.05) is 0 Å². The number of rotatable bonds is 3. The Labute approximate surface area is 87.1 Å². The van der Waals surface area contributed by atoms with E-state index in [-0.39, 0.29) is 6.61 Å². The molecule has 1 aromatic carbocycles. The molecule has 0 aliphatic carbocycles. The van der Waals surface area contributed by atoms with Crippen LogP contribution in [-0.2, 0) is 6.61 Å². The van der Waals surface area contributed by atoms with Crippen LogP contribution in [0.3, 0.4) is 0 Å². The zero-order chi connectivity index (χ0) is 10.6. The maximum Gasteiger partial charge on any atom is 0.0687 e. The lowest BCUT2D eigenvalue weighted by molar-refractivity contribution is 0.282. The lowest BCUT2D eigenvalue weighted by atomic mass is 10.1. The minimum absolute atomic E-state index is 0.123. The van der Waals surface area contributed by atoms with E-state index in [1.165, 1.54) is 5.56 Å². The summed E-state index contributed by atoms with van der Waals surface area (Å²) in [5.74, 6) is 0. The molecule has 0 amide bonds. The fourth-order valence-electron chi connectivity index (χ4n) is 1.08. The van der Waals surface area contributed by atoms with E-state index in [9.17, 15) is 0 Å². The van der Waals surface area contributed by atoms with Crippen molar-refractivity contribution in [2.24, 2.45) is 0 Å². The quantitative estimate of drug-likeness (QED) is 0.754. The van der Waals surface area contributed by atoms with Gasteiger partial charge in [0.05, 0.1) is 14.7 Å². The van der Waals surface area contributed by atoms with E-state index in [2.05, 4.69) is 31.4 Å². The van der Waals surface area contributed by atoms with Gasteiger partial charge in [-0.25, -0.2) is 0 Å². The SMILES string of the molecule is C[Si](C)(C)/C=C/c1ccc(CO)cc1. The Balaban J connectivity index is 2.74. The summed E-state index contributed by atoms with van der Waals surface area (Å²) in [6.45, 7) is 7.06. The summed E-state index contributed by atoms with van der Waals surface area (Å²) in [7, 11) is -1.09. The van der Waals surface area contributed by atoms with Crippen LogP contribution in [0.5, 0.6) is 0 Å². The number of aliphatic hydroxyl groups is 1. The topological polar surface area (TPSA) is 20.2 Å². The summed E-state index contributed by atoms with van der Waals surface area (Å²) >= 11 is 0.